The van der Waals surface area contributed by atoms with E-state index in [1.807, 2.05) is 33.8 Å². The first kappa shape index (κ1) is 21.5. The minimum Gasteiger partial charge on any atom is -0.411 e. The topological polar surface area (TPSA) is 97.3 Å². The Hall–Kier alpha value is -3.16. The van der Waals surface area contributed by atoms with E-state index in [0.29, 0.717) is 12.1 Å². The van der Waals surface area contributed by atoms with Gasteiger partial charge in [0, 0.05) is 35.7 Å². The van der Waals surface area contributed by atoms with Crippen LogP contribution in [0.2, 0.25) is 0 Å². The van der Waals surface area contributed by atoms with Gasteiger partial charge in [0.15, 0.2) is 0 Å². The van der Waals surface area contributed by atoms with Crippen LogP contribution >= 0.6 is 0 Å². The molecule has 0 saturated heterocycles. The van der Waals surface area contributed by atoms with Crippen LogP contribution in [-0.4, -0.2) is 36.4 Å². The lowest BCUT2D eigenvalue weighted by Gasteiger charge is -2.16. The van der Waals surface area contributed by atoms with Crippen LogP contribution in [0.25, 0.3) is 10.9 Å². The Kier molecular flexibility index (Phi) is 6.54. The monoisotopic (exact) mass is 410 g/mol. The van der Waals surface area contributed by atoms with Crippen LogP contribution in [0.5, 0.6) is 0 Å². The highest BCUT2D eigenvalue weighted by molar-refractivity contribution is 6.02. The number of carbonyl (C=O) groups is 1. The molecular weight excluding hydrogens is 380 g/mol. The Morgan fingerprint density at radius 3 is 2.43 bits per heavy atom. The molecule has 0 radical (unpaired) electrons. The summed E-state index contributed by atoms with van der Waals surface area (Å²) in [7, 11) is 0. The number of nitrogens with zero attached hydrogens (tertiary/aromatic N) is 5. The maximum absolute atomic E-state index is 11.1. The zero-order valence-electron chi connectivity index (χ0n) is 18.3. The number of anilines is 1. The van der Waals surface area contributed by atoms with Crippen LogP contribution < -0.4 is 5.32 Å². The molecule has 30 heavy (non-hydrogen) atoms. The van der Waals surface area contributed by atoms with Crippen molar-refractivity contribution in [3.8, 4) is 0 Å². The van der Waals surface area contributed by atoms with Crippen LogP contribution in [0.4, 0.5) is 5.69 Å². The average molecular weight is 411 g/mol. The molecule has 8 nitrogen and oxygen atoms in total. The van der Waals surface area contributed by atoms with Crippen molar-refractivity contribution in [1.29, 1.82) is 0 Å². The van der Waals surface area contributed by atoms with Crippen molar-refractivity contribution in [2.45, 2.75) is 66.0 Å². The van der Waals surface area contributed by atoms with E-state index in [-0.39, 0.29) is 5.91 Å². The summed E-state index contributed by atoms with van der Waals surface area (Å²) in [6.45, 7) is 9.88. The van der Waals surface area contributed by atoms with Crippen LogP contribution in [0, 0.1) is 0 Å². The molecule has 0 atom stereocenters. The van der Waals surface area contributed by atoms with E-state index in [4.69, 9.17) is 5.21 Å². The molecule has 0 unspecified atom stereocenters. The zero-order valence-corrected chi connectivity index (χ0v) is 18.3. The Labute approximate surface area is 176 Å². The smallest absolute Gasteiger partial charge is 0.221 e. The van der Waals surface area contributed by atoms with Crippen molar-refractivity contribution in [3.05, 3.63) is 41.9 Å². The Morgan fingerprint density at radius 2 is 1.80 bits per heavy atom. The molecule has 2 heterocycles. The molecule has 0 fully saturated rings. The molecule has 0 spiro atoms. The highest BCUT2D eigenvalue weighted by atomic mass is 16.4. The van der Waals surface area contributed by atoms with Crippen LogP contribution in [0.3, 0.4) is 0 Å². The van der Waals surface area contributed by atoms with E-state index in [0.717, 1.165) is 47.1 Å². The average Bonchev–Trinajstić information content (AvgIpc) is 3.33. The molecule has 0 bridgehead atoms. The third kappa shape index (κ3) is 4.37. The highest BCUT2D eigenvalue weighted by Crippen LogP contribution is 2.25. The number of benzene rings is 1. The number of amides is 1. The van der Waals surface area contributed by atoms with Gasteiger partial charge >= 0.3 is 0 Å². The normalized spacial score (nSPS) is 14.7. The van der Waals surface area contributed by atoms with E-state index in [9.17, 15) is 4.79 Å². The third-order valence-electron chi connectivity index (χ3n) is 5.09. The van der Waals surface area contributed by atoms with Gasteiger partial charge in [-0.15, -0.1) is 0 Å². The largest absolute Gasteiger partial charge is 0.411 e. The van der Waals surface area contributed by atoms with Crippen LogP contribution in [0.15, 0.2) is 35.7 Å². The number of hydrogen-bond donors (Lipinski definition) is 2. The van der Waals surface area contributed by atoms with Gasteiger partial charge in [-0.3, -0.25) is 14.2 Å². The molecule has 4 rings (SSSR count). The number of carbonyl (C=O) groups excluding carboxylic acids is 1. The van der Waals surface area contributed by atoms with E-state index < -0.39 is 0 Å². The molecule has 0 aliphatic heterocycles. The summed E-state index contributed by atoms with van der Waals surface area (Å²) in [4.78, 5) is 11.1. The summed E-state index contributed by atoms with van der Waals surface area (Å²) < 4.78 is 3.96. The lowest BCUT2D eigenvalue weighted by molar-refractivity contribution is -0.114. The van der Waals surface area contributed by atoms with Crippen molar-refractivity contribution < 1.29 is 10.0 Å². The van der Waals surface area contributed by atoms with Crippen molar-refractivity contribution >= 4 is 28.2 Å². The SMILES string of the molecule is CC(=O)Nc1cccc2c1cnn2C(C)C.CC(C)n1ncc2c1CCCC2=NO. The molecule has 0 saturated carbocycles. The van der Waals surface area contributed by atoms with Gasteiger partial charge in [0.25, 0.3) is 0 Å². The predicted octanol–water partition coefficient (Wildman–Crippen LogP) is 4.55. The number of nitrogens with one attached hydrogen (secondary N) is 1. The summed E-state index contributed by atoms with van der Waals surface area (Å²) in [6.07, 6.45) is 6.54. The fourth-order valence-electron chi connectivity index (χ4n) is 3.77. The molecule has 1 aliphatic carbocycles. The number of oxime groups is 1. The van der Waals surface area contributed by atoms with Gasteiger partial charge in [0.1, 0.15) is 0 Å². The van der Waals surface area contributed by atoms with Crippen molar-refractivity contribution in [2.24, 2.45) is 5.16 Å². The molecule has 1 aliphatic rings. The molecule has 2 N–H and O–H groups in total. The van der Waals surface area contributed by atoms with Crippen molar-refractivity contribution in [2.75, 3.05) is 5.32 Å². The summed E-state index contributed by atoms with van der Waals surface area (Å²) in [5, 5.41) is 24.6. The molecular formula is C22H30N6O2. The van der Waals surface area contributed by atoms with Gasteiger partial charge in [-0.05, 0) is 59.1 Å². The fraction of sp³-hybridized carbons (Fsp3) is 0.455. The first-order valence-corrected chi connectivity index (χ1v) is 10.3. The highest BCUT2D eigenvalue weighted by Gasteiger charge is 2.21. The molecule has 160 valence electrons. The van der Waals surface area contributed by atoms with Gasteiger partial charge in [-0.2, -0.15) is 10.2 Å². The summed E-state index contributed by atoms with van der Waals surface area (Å²) >= 11 is 0. The molecule has 8 heteroatoms. The Balaban J connectivity index is 0.000000172. The van der Waals surface area contributed by atoms with Gasteiger partial charge in [-0.1, -0.05) is 11.2 Å². The molecule has 3 aromatic rings. The van der Waals surface area contributed by atoms with E-state index in [1.165, 1.54) is 12.6 Å². The Bertz CT molecular complexity index is 1060. The standard InChI is InChI=1S/C12H15N3O.C10H15N3O/c1-8(2)15-12-6-4-5-11(14-9(3)16)10(12)7-13-15;1-7(2)13-10-5-3-4-9(12-14)8(10)6-11-13/h4-8H,1-3H3,(H,14,16);6-7,14H,3-5H2,1-2H3. The van der Waals surface area contributed by atoms with Gasteiger partial charge < -0.3 is 10.5 Å². The molecule has 2 aromatic heterocycles. The number of hydrogen-bond acceptors (Lipinski definition) is 5. The van der Waals surface area contributed by atoms with E-state index in [1.54, 1.807) is 6.20 Å². The second kappa shape index (κ2) is 9.11. The molecule has 1 aromatic carbocycles. The second-order valence-electron chi connectivity index (χ2n) is 8.05. The van der Waals surface area contributed by atoms with E-state index in [2.05, 4.69) is 48.4 Å². The quantitative estimate of drug-likeness (QED) is 0.489. The maximum Gasteiger partial charge on any atom is 0.221 e. The fourth-order valence-corrected chi connectivity index (χ4v) is 3.77. The lowest BCUT2D eigenvalue weighted by atomic mass is 9.96. The minimum atomic E-state index is -0.0650. The first-order valence-electron chi connectivity index (χ1n) is 10.3. The maximum atomic E-state index is 11.1. The summed E-state index contributed by atoms with van der Waals surface area (Å²) in [5.74, 6) is -0.0650. The van der Waals surface area contributed by atoms with Crippen LogP contribution in [0.1, 0.15) is 70.8 Å². The number of fused-ring (bicyclic) bond motifs is 2. The number of rotatable bonds is 3. The van der Waals surface area contributed by atoms with Crippen LogP contribution in [-0.2, 0) is 11.2 Å². The zero-order chi connectivity index (χ0) is 21.8. The van der Waals surface area contributed by atoms with E-state index >= 15 is 0 Å². The third-order valence-corrected chi connectivity index (χ3v) is 5.09. The van der Waals surface area contributed by atoms with Crippen molar-refractivity contribution in [3.63, 3.8) is 0 Å². The van der Waals surface area contributed by atoms with Gasteiger partial charge in [-0.25, -0.2) is 0 Å². The lowest BCUT2D eigenvalue weighted by Crippen LogP contribution is -2.15. The van der Waals surface area contributed by atoms with Gasteiger partial charge in [0.05, 0.1) is 29.3 Å². The summed E-state index contributed by atoms with van der Waals surface area (Å²) in [6, 6.07) is 6.50. The summed E-state index contributed by atoms with van der Waals surface area (Å²) in [5.41, 5.74) is 4.86. The predicted molar refractivity (Wildman–Crippen MR) is 118 cm³/mol. The van der Waals surface area contributed by atoms with Crippen molar-refractivity contribution in [1.82, 2.24) is 19.6 Å². The molecule has 1 amide bonds. The first-order chi connectivity index (χ1) is 14.3. The Morgan fingerprint density at radius 1 is 1.10 bits per heavy atom. The minimum absolute atomic E-state index is 0.0650. The second-order valence-corrected chi connectivity index (χ2v) is 8.05. The number of aromatic nitrogens is 4. The van der Waals surface area contributed by atoms with Gasteiger partial charge in [0.2, 0.25) is 5.91 Å².